The minimum atomic E-state index is -0.0920. The van der Waals surface area contributed by atoms with Crippen LogP contribution in [-0.2, 0) is 10.8 Å². The third-order valence-corrected chi connectivity index (χ3v) is 14.0. The third kappa shape index (κ3) is 4.14. The lowest BCUT2D eigenvalue weighted by Crippen LogP contribution is -2.15. The summed E-state index contributed by atoms with van der Waals surface area (Å²) in [5.74, 6) is 0.293. The summed E-state index contributed by atoms with van der Waals surface area (Å²) < 4.78 is 0. The van der Waals surface area contributed by atoms with Gasteiger partial charge < -0.3 is 0 Å². The first-order valence-electron chi connectivity index (χ1n) is 20.3. The first-order valence-corrected chi connectivity index (χ1v) is 20.3. The smallest absolute Gasteiger partial charge is 0.0159 e. The molecule has 0 aromatic heterocycles. The van der Waals surface area contributed by atoms with Crippen molar-refractivity contribution >= 4 is 16.8 Å². The van der Waals surface area contributed by atoms with Gasteiger partial charge in [-0.1, -0.05) is 173 Å². The summed E-state index contributed by atoms with van der Waals surface area (Å²) in [5, 5.41) is 2.65. The van der Waals surface area contributed by atoms with Gasteiger partial charge in [0.1, 0.15) is 0 Å². The molecule has 4 aliphatic rings. The topological polar surface area (TPSA) is 0 Å². The van der Waals surface area contributed by atoms with E-state index in [4.69, 9.17) is 0 Å². The molecular weight excluding hydrogens is 673 g/mol. The summed E-state index contributed by atoms with van der Waals surface area (Å²) in [4.78, 5) is 0. The molecule has 56 heavy (non-hydrogen) atoms. The number of hydrogen-bond donors (Lipinski definition) is 0. The minimum absolute atomic E-state index is 0.0835. The predicted molar refractivity (Wildman–Crippen MR) is 236 cm³/mol. The van der Waals surface area contributed by atoms with Crippen LogP contribution in [0.2, 0.25) is 0 Å². The van der Waals surface area contributed by atoms with Gasteiger partial charge in [-0.15, -0.1) is 0 Å². The van der Waals surface area contributed by atoms with E-state index in [2.05, 4.69) is 192 Å². The molecule has 1 unspecified atom stereocenters. The summed E-state index contributed by atoms with van der Waals surface area (Å²) >= 11 is 0. The normalized spacial score (nSPS) is 16.9. The monoisotopic (exact) mass is 714 g/mol. The van der Waals surface area contributed by atoms with Gasteiger partial charge in [0.05, 0.1) is 0 Å². The van der Waals surface area contributed by atoms with Crippen molar-refractivity contribution in [2.45, 2.75) is 50.9 Å². The van der Waals surface area contributed by atoms with Crippen LogP contribution in [0.5, 0.6) is 0 Å². The summed E-state index contributed by atoms with van der Waals surface area (Å²) in [5.41, 5.74) is 26.0. The summed E-state index contributed by atoms with van der Waals surface area (Å²) in [6.45, 7) is 9.61. The number of fused-ring (bicyclic) bond motifs is 10. The first kappa shape index (κ1) is 32.0. The lowest BCUT2D eigenvalue weighted by Gasteiger charge is -2.26. The summed E-state index contributed by atoms with van der Waals surface area (Å²) in [6.07, 6.45) is 5.78. The first-order chi connectivity index (χ1) is 27.3. The van der Waals surface area contributed by atoms with Gasteiger partial charge in [0.25, 0.3) is 0 Å². The maximum absolute atomic E-state index is 2.55. The molecule has 0 saturated heterocycles. The van der Waals surface area contributed by atoms with Crippen molar-refractivity contribution in [2.75, 3.05) is 0 Å². The predicted octanol–water partition coefficient (Wildman–Crippen LogP) is 15.0. The second-order valence-corrected chi connectivity index (χ2v) is 17.5. The van der Waals surface area contributed by atoms with E-state index in [0.717, 1.165) is 6.42 Å². The van der Waals surface area contributed by atoms with Crippen molar-refractivity contribution in [1.82, 2.24) is 0 Å². The second kappa shape index (κ2) is 11.2. The van der Waals surface area contributed by atoms with Crippen LogP contribution in [-0.4, -0.2) is 0 Å². The Morgan fingerprint density at radius 2 is 0.964 bits per heavy atom. The van der Waals surface area contributed by atoms with E-state index in [1.54, 1.807) is 0 Å². The number of rotatable bonds is 3. The van der Waals surface area contributed by atoms with E-state index >= 15 is 0 Å². The lowest BCUT2D eigenvalue weighted by atomic mass is 9.77. The number of benzene rings is 8. The Morgan fingerprint density at radius 3 is 1.64 bits per heavy atom. The zero-order valence-corrected chi connectivity index (χ0v) is 32.4. The molecule has 0 radical (unpaired) electrons. The molecule has 0 nitrogen and oxygen atoms in total. The van der Waals surface area contributed by atoms with Gasteiger partial charge in [0.15, 0.2) is 0 Å². The van der Waals surface area contributed by atoms with E-state index in [1.165, 1.54) is 116 Å². The molecule has 0 saturated carbocycles. The molecular formula is C56H42. The van der Waals surface area contributed by atoms with E-state index in [1.807, 2.05) is 0 Å². The van der Waals surface area contributed by atoms with E-state index < -0.39 is 0 Å². The Hall–Kier alpha value is -6.24. The highest BCUT2D eigenvalue weighted by Crippen LogP contribution is 2.61. The Balaban J connectivity index is 1.21. The van der Waals surface area contributed by atoms with Gasteiger partial charge in [-0.25, -0.2) is 0 Å². The van der Waals surface area contributed by atoms with Gasteiger partial charge >= 0.3 is 0 Å². The molecule has 0 bridgehead atoms. The van der Waals surface area contributed by atoms with Crippen molar-refractivity contribution in [1.29, 1.82) is 0 Å². The molecule has 0 heteroatoms. The molecule has 8 aromatic rings. The Kier molecular flexibility index (Phi) is 6.40. The van der Waals surface area contributed by atoms with Crippen LogP contribution in [0.25, 0.3) is 83.6 Å². The van der Waals surface area contributed by atoms with Gasteiger partial charge in [-0.2, -0.15) is 0 Å². The van der Waals surface area contributed by atoms with E-state index in [-0.39, 0.29) is 10.8 Å². The largest absolute Gasteiger partial charge is 0.0830 e. The van der Waals surface area contributed by atoms with Crippen LogP contribution in [0, 0.1) is 0 Å². The third-order valence-electron chi connectivity index (χ3n) is 14.0. The molecule has 266 valence electrons. The quantitative estimate of drug-likeness (QED) is 0.171. The van der Waals surface area contributed by atoms with Gasteiger partial charge in [-0.05, 0) is 141 Å². The van der Waals surface area contributed by atoms with Crippen molar-refractivity contribution in [3.63, 3.8) is 0 Å². The average molecular weight is 715 g/mol. The van der Waals surface area contributed by atoms with Crippen LogP contribution < -0.4 is 0 Å². The fourth-order valence-corrected chi connectivity index (χ4v) is 11.3. The SMILES string of the molecule is CC1(C)c2ccccc2-c2ccc(-c3c4c(c(-c5ccc6c(c5)C(C)(C)c5ccccc5-6)c5ccc(-c6ccccc6)cc35)C3CC=Cc5cccc-4c53)cc21. The molecule has 4 aliphatic carbocycles. The Bertz CT molecular complexity index is 3040. The van der Waals surface area contributed by atoms with Gasteiger partial charge in [-0.3, -0.25) is 0 Å². The Morgan fingerprint density at radius 1 is 0.393 bits per heavy atom. The van der Waals surface area contributed by atoms with Crippen LogP contribution in [0.15, 0.2) is 158 Å². The molecule has 0 amide bonds. The second-order valence-electron chi connectivity index (χ2n) is 17.5. The zero-order chi connectivity index (χ0) is 37.5. The van der Waals surface area contributed by atoms with Crippen molar-refractivity contribution < 1.29 is 0 Å². The highest BCUT2D eigenvalue weighted by Gasteiger charge is 2.40. The maximum Gasteiger partial charge on any atom is 0.0159 e. The molecule has 12 rings (SSSR count). The van der Waals surface area contributed by atoms with Crippen LogP contribution in [0.3, 0.4) is 0 Å². The van der Waals surface area contributed by atoms with Crippen molar-refractivity contribution in [3.8, 4) is 66.8 Å². The Labute approximate surface area is 329 Å². The van der Waals surface area contributed by atoms with Crippen LogP contribution in [0.1, 0.15) is 79.0 Å². The fraction of sp³-hybridized carbons (Fsp3) is 0.143. The van der Waals surface area contributed by atoms with Gasteiger partial charge in [0, 0.05) is 16.7 Å². The fourth-order valence-electron chi connectivity index (χ4n) is 11.3. The summed E-state index contributed by atoms with van der Waals surface area (Å²) in [6, 6.07) is 58.0. The molecule has 0 spiro atoms. The average Bonchev–Trinajstić information content (AvgIpc) is 3.77. The molecule has 8 aromatic carbocycles. The minimum Gasteiger partial charge on any atom is -0.0830 e. The highest BCUT2D eigenvalue weighted by atomic mass is 14.4. The lowest BCUT2D eigenvalue weighted by molar-refractivity contribution is 0.660. The number of allylic oxidation sites excluding steroid dienone is 1. The molecule has 0 N–H and O–H groups in total. The van der Waals surface area contributed by atoms with Crippen molar-refractivity contribution in [2.24, 2.45) is 0 Å². The summed E-state index contributed by atoms with van der Waals surface area (Å²) in [7, 11) is 0. The van der Waals surface area contributed by atoms with E-state index in [9.17, 15) is 0 Å². The molecule has 0 heterocycles. The van der Waals surface area contributed by atoms with Crippen LogP contribution in [0.4, 0.5) is 0 Å². The maximum atomic E-state index is 2.55. The zero-order valence-electron chi connectivity index (χ0n) is 32.4. The standard InChI is InChI=1S/C56H42/c1-55(2)46-22-10-8-18-38(46)40-27-25-36(31-48(40)55)51-42-29-24-35(33-14-6-5-7-15-33)30-45(42)52(54-44-21-13-17-34-16-12-20-43(50(34)44)53(51)54)37-26-28-41-39-19-9-11-23-47(39)56(3,4)49(41)32-37/h5-19,21-32,43H,20H2,1-4H3. The van der Waals surface area contributed by atoms with Gasteiger partial charge in [0.2, 0.25) is 0 Å². The highest BCUT2D eigenvalue weighted by molar-refractivity contribution is 6.16. The van der Waals surface area contributed by atoms with Crippen LogP contribution >= 0.6 is 0 Å². The molecule has 1 atom stereocenters. The van der Waals surface area contributed by atoms with E-state index in [0.29, 0.717) is 5.92 Å². The number of hydrogen-bond acceptors (Lipinski definition) is 0. The molecule has 0 aliphatic heterocycles. The van der Waals surface area contributed by atoms with Crippen molar-refractivity contribution in [3.05, 3.63) is 197 Å². The molecule has 0 fully saturated rings.